The quantitative estimate of drug-likeness (QED) is 0.869. The molecule has 3 heteroatoms. The van der Waals surface area contributed by atoms with E-state index >= 15 is 0 Å². The first-order valence-electron chi connectivity index (χ1n) is 7.38. The highest BCUT2D eigenvalue weighted by Gasteiger charge is 2.34. The van der Waals surface area contributed by atoms with Crippen LogP contribution in [0.25, 0.3) is 0 Å². The van der Waals surface area contributed by atoms with Crippen molar-refractivity contribution in [3.8, 4) is 0 Å². The zero-order chi connectivity index (χ0) is 14.9. The molecule has 1 unspecified atom stereocenters. The Bertz CT molecular complexity index is 610. The monoisotopic (exact) mass is 344 g/mol. The molecule has 1 fully saturated rings. The third-order valence-electron chi connectivity index (χ3n) is 4.06. The van der Waals surface area contributed by atoms with Crippen LogP contribution < -0.4 is 10.2 Å². The molecule has 2 nitrogen and oxygen atoms in total. The maximum atomic E-state index is 3.71. The summed E-state index contributed by atoms with van der Waals surface area (Å²) in [5.41, 5.74) is 2.73. The molecule has 3 rings (SSSR count). The van der Waals surface area contributed by atoms with E-state index in [1.807, 2.05) is 0 Å². The van der Waals surface area contributed by atoms with Crippen molar-refractivity contribution >= 4 is 21.6 Å². The number of hydrogen-bond acceptors (Lipinski definition) is 2. The van der Waals surface area contributed by atoms with Crippen LogP contribution in [0.2, 0.25) is 0 Å². The van der Waals surface area contributed by atoms with Crippen molar-refractivity contribution in [2.24, 2.45) is 0 Å². The minimum absolute atomic E-state index is 0.112. The van der Waals surface area contributed by atoms with Gasteiger partial charge in [-0.15, -0.1) is 0 Å². The number of anilines is 1. The third kappa shape index (κ3) is 3.14. The van der Waals surface area contributed by atoms with Crippen LogP contribution in [0.3, 0.4) is 0 Å². The third-order valence-corrected chi connectivity index (χ3v) is 4.73. The number of nitrogens with zero attached hydrogens (tertiary/aromatic N) is 1. The van der Waals surface area contributed by atoms with Crippen molar-refractivity contribution in [3.63, 3.8) is 0 Å². The maximum Gasteiger partial charge on any atom is 0.0668 e. The van der Waals surface area contributed by atoms with Gasteiger partial charge in [-0.2, -0.15) is 0 Å². The van der Waals surface area contributed by atoms with Crippen LogP contribution in [-0.2, 0) is 0 Å². The second-order valence-electron chi connectivity index (χ2n) is 6.27. The summed E-state index contributed by atoms with van der Waals surface area (Å²) >= 11 is 3.71. The SMILES string of the molecule is CC1(C)CN(c2ccccc2Br)C(c2ccccc2)CN1. The summed E-state index contributed by atoms with van der Waals surface area (Å²) < 4.78 is 1.16. The van der Waals surface area contributed by atoms with E-state index in [-0.39, 0.29) is 5.54 Å². The average Bonchev–Trinajstić information content (AvgIpc) is 2.48. The first kappa shape index (κ1) is 14.6. The smallest absolute Gasteiger partial charge is 0.0668 e. The van der Waals surface area contributed by atoms with Gasteiger partial charge < -0.3 is 10.2 Å². The molecule has 0 radical (unpaired) electrons. The zero-order valence-electron chi connectivity index (χ0n) is 12.5. The number of piperazine rings is 1. The maximum absolute atomic E-state index is 3.71. The van der Waals surface area contributed by atoms with Gasteiger partial charge in [0, 0.05) is 23.1 Å². The van der Waals surface area contributed by atoms with Gasteiger partial charge in [0.25, 0.3) is 0 Å². The van der Waals surface area contributed by atoms with E-state index in [4.69, 9.17) is 0 Å². The predicted octanol–water partition coefficient (Wildman–Crippen LogP) is 4.38. The molecule has 110 valence electrons. The number of para-hydroxylation sites is 1. The largest absolute Gasteiger partial charge is 0.360 e. The Kier molecular flexibility index (Phi) is 4.05. The summed E-state index contributed by atoms with van der Waals surface area (Å²) in [5.74, 6) is 0. The van der Waals surface area contributed by atoms with Crippen molar-refractivity contribution in [3.05, 3.63) is 64.6 Å². The van der Waals surface area contributed by atoms with E-state index in [0.29, 0.717) is 6.04 Å². The molecule has 1 aliphatic rings. The summed E-state index contributed by atoms with van der Waals surface area (Å²) in [5, 5.41) is 3.67. The van der Waals surface area contributed by atoms with Gasteiger partial charge in [0.2, 0.25) is 0 Å². The number of rotatable bonds is 2. The summed E-state index contributed by atoms with van der Waals surface area (Å²) in [6.07, 6.45) is 0. The van der Waals surface area contributed by atoms with Crippen molar-refractivity contribution in [1.29, 1.82) is 0 Å². The number of halogens is 1. The second kappa shape index (κ2) is 5.82. The molecule has 0 saturated carbocycles. The highest BCUT2D eigenvalue weighted by atomic mass is 79.9. The fourth-order valence-corrected chi connectivity index (χ4v) is 3.50. The van der Waals surface area contributed by atoms with E-state index in [9.17, 15) is 0 Å². The molecular formula is C18H21BrN2. The predicted molar refractivity (Wildman–Crippen MR) is 92.8 cm³/mol. The van der Waals surface area contributed by atoms with Crippen LogP contribution in [0.15, 0.2) is 59.1 Å². The Labute approximate surface area is 135 Å². The lowest BCUT2D eigenvalue weighted by Gasteiger charge is -2.46. The van der Waals surface area contributed by atoms with Gasteiger partial charge in [0.15, 0.2) is 0 Å². The number of benzene rings is 2. The lowest BCUT2D eigenvalue weighted by molar-refractivity contribution is 0.312. The van der Waals surface area contributed by atoms with Crippen molar-refractivity contribution in [1.82, 2.24) is 5.32 Å². The van der Waals surface area contributed by atoms with E-state index in [0.717, 1.165) is 17.6 Å². The molecule has 21 heavy (non-hydrogen) atoms. The minimum Gasteiger partial charge on any atom is -0.360 e. The average molecular weight is 345 g/mol. The van der Waals surface area contributed by atoms with Crippen LogP contribution in [-0.4, -0.2) is 18.6 Å². The Balaban J connectivity index is 2.01. The molecule has 1 aliphatic heterocycles. The Morgan fingerprint density at radius 1 is 1.05 bits per heavy atom. The van der Waals surface area contributed by atoms with Crippen molar-refractivity contribution < 1.29 is 0 Å². The summed E-state index contributed by atoms with van der Waals surface area (Å²) in [4.78, 5) is 2.51. The number of nitrogens with one attached hydrogen (secondary N) is 1. The molecular weight excluding hydrogens is 324 g/mol. The fraction of sp³-hybridized carbons (Fsp3) is 0.333. The van der Waals surface area contributed by atoms with Gasteiger partial charge in [0.1, 0.15) is 0 Å². The van der Waals surface area contributed by atoms with Crippen LogP contribution in [0.1, 0.15) is 25.5 Å². The standard InChI is InChI=1S/C18H21BrN2/c1-18(2)13-21(16-11-7-6-10-15(16)19)17(12-20-18)14-8-4-3-5-9-14/h3-11,17,20H,12-13H2,1-2H3. The summed E-state index contributed by atoms with van der Waals surface area (Å²) in [6.45, 7) is 6.46. The van der Waals surface area contributed by atoms with Gasteiger partial charge in [-0.25, -0.2) is 0 Å². The first-order chi connectivity index (χ1) is 10.1. The van der Waals surface area contributed by atoms with Gasteiger partial charge in [-0.3, -0.25) is 0 Å². The molecule has 0 aliphatic carbocycles. The van der Waals surface area contributed by atoms with Gasteiger partial charge in [0.05, 0.1) is 11.7 Å². The summed E-state index contributed by atoms with van der Waals surface area (Å²) in [7, 11) is 0. The van der Waals surface area contributed by atoms with Gasteiger partial charge in [-0.05, 0) is 47.5 Å². The Hall–Kier alpha value is -1.32. The molecule has 2 aromatic carbocycles. The van der Waals surface area contributed by atoms with E-state index in [1.165, 1.54) is 11.3 Å². The number of hydrogen-bond donors (Lipinski definition) is 1. The highest BCUT2D eigenvalue weighted by Crippen LogP contribution is 2.36. The minimum atomic E-state index is 0.112. The van der Waals surface area contributed by atoms with Crippen LogP contribution in [0.5, 0.6) is 0 Å². The lowest BCUT2D eigenvalue weighted by atomic mass is 9.94. The second-order valence-corrected chi connectivity index (χ2v) is 7.12. The normalized spacial score (nSPS) is 21.3. The van der Waals surface area contributed by atoms with Crippen molar-refractivity contribution in [2.75, 3.05) is 18.0 Å². The Morgan fingerprint density at radius 3 is 2.43 bits per heavy atom. The molecule has 0 spiro atoms. The molecule has 1 atom stereocenters. The molecule has 0 amide bonds. The van der Waals surface area contributed by atoms with Gasteiger partial charge >= 0.3 is 0 Å². The lowest BCUT2D eigenvalue weighted by Crippen LogP contribution is -2.58. The summed E-state index contributed by atoms with van der Waals surface area (Å²) in [6, 6.07) is 19.6. The molecule has 1 heterocycles. The zero-order valence-corrected chi connectivity index (χ0v) is 14.1. The highest BCUT2D eigenvalue weighted by molar-refractivity contribution is 9.10. The molecule has 2 aromatic rings. The van der Waals surface area contributed by atoms with E-state index < -0.39 is 0 Å². The van der Waals surface area contributed by atoms with Gasteiger partial charge in [-0.1, -0.05) is 42.5 Å². The van der Waals surface area contributed by atoms with Crippen LogP contribution >= 0.6 is 15.9 Å². The van der Waals surface area contributed by atoms with E-state index in [2.05, 4.69) is 94.6 Å². The first-order valence-corrected chi connectivity index (χ1v) is 8.17. The van der Waals surface area contributed by atoms with Crippen LogP contribution in [0, 0.1) is 0 Å². The van der Waals surface area contributed by atoms with E-state index in [1.54, 1.807) is 0 Å². The molecule has 0 aromatic heterocycles. The Morgan fingerprint density at radius 2 is 1.71 bits per heavy atom. The molecule has 1 N–H and O–H groups in total. The molecule has 1 saturated heterocycles. The fourth-order valence-electron chi connectivity index (χ4n) is 2.99. The topological polar surface area (TPSA) is 15.3 Å². The van der Waals surface area contributed by atoms with Crippen molar-refractivity contribution in [2.45, 2.75) is 25.4 Å². The van der Waals surface area contributed by atoms with Crippen LogP contribution in [0.4, 0.5) is 5.69 Å². The molecule has 0 bridgehead atoms.